The summed E-state index contributed by atoms with van der Waals surface area (Å²) in [5, 5.41) is 4.15. The first-order chi connectivity index (χ1) is 7.27. The Balaban J connectivity index is 2.09. The number of hydrogen-bond acceptors (Lipinski definition) is 1. The maximum Gasteiger partial charge on any atom is 0.191 e. The third kappa shape index (κ3) is 2.45. The Morgan fingerprint density at radius 2 is 1.73 bits per heavy atom. The van der Waals surface area contributed by atoms with Crippen molar-refractivity contribution in [1.82, 2.24) is 5.32 Å². The average molecular weight is 212 g/mol. The first-order valence-corrected chi connectivity index (χ1v) is 5.01. The van der Waals surface area contributed by atoms with E-state index in [1.807, 2.05) is 0 Å². The molecule has 1 aromatic carbocycles. The lowest BCUT2D eigenvalue weighted by atomic mass is 10.1. The van der Waals surface area contributed by atoms with E-state index in [0.29, 0.717) is 13.1 Å². The minimum absolute atomic E-state index is 0.117. The molecule has 0 atom stereocenters. The number of halogens is 2. The second-order valence-electron chi connectivity index (χ2n) is 3.54. The van der Waals surface area contributed by atoms with Crippen LogP contribution in [0.3, 0.4) is 0 Å². The molecule has 0 N–H and O–H groups in total. The number of benzene rings is 1. The number of nitrogens with zero attached hydrogens (tertiary/aromatic N) is 1. The second-order valence-corrected chi connectivity index (χ2v) is 3.54. The summed E-state index contributed by atoms with van der Waals surface area (Å²) in [6.45, 7) is 1.42. The zero-order chi connectivity index (χ0) is 10.7. The first-order valence-electron chi connectivity index (χ1n) is 5.01. The van der Waals surface area contributed by atoms with E-state index in [4.69, 9.17) is 4.74 Å². The topological polar surface area (TPSA) is 23.3 Å². The van der Waals surface area contributed by atoms with Crippen molar-refractivity contribution in [3.8, 4) is 5.75 Å². The van der Waals surface area contributed by atoms with E-state index < -0.39 is 11.6 Å². The Hall–Kier alpha value is -1.16. The molecule has 0 amide bonds. The zero-order valence-electron chi connectivity index (χ0n) is 8.25. The van der Waals surface area contributed by atoms with Crippen LogP contribution in [0.2, 0.25) is 0 Å². The zero-order valence-corrected chi connectivity index (χ0v) is 8.25. The molecular formula is C11H12F2NO. The third-order valence-electron chi connectivity index (χ3n) is 2.42. The van der Waals surface area contributed by atoms with Crippen molar-refractivity contribution in [1.29, 1.82) is 0 Å². The lowest BCUT2D eigenvalue weighted by molar-refractivity contribution is 0.148. The van der Waals surface area contributed by atoms with E-state index in [0.717, 1.165) is 12.8 Å². The minimum Gasteiger partial charge on any atom is -0.484 e. The van der Waals surface area contributed by atoms with Crippen molar-refractivity contribution in [3.05, 3.63) is 29.8 Å². The van der Waals surface area contributed by atoms with Gasteiger partial charge < -0.3 is 4.74 Å². The molecule has 1 aliphatic rings. The average Bonchev–Trinajstić information content (AvgIpc) is 2.25. The van der Waals surface area contributed by atoms with Crippen molar-refractivity contribution >= 4 is 0 Å². The Morgan fingerprint density at radius 3 is 2.33 bits per heavy atom. The van der Waals surface area contributed by atoms with Gasteiger partial charge in [0.15, 0.2) is 17.4 Å². The molecule has 0 spiro atoms. The molecule has 1 fully saturated rings. The van der Waals surface area contributed by atoms with Crippen LogP contribution < -0.4 is 10.1 Å². The molecule has 1 saturated heterocycles. The van der Waals surface area contributed by atoms with Crippen LogP contribution in [0, 0.1) is 11.6 Å². The van der Waals surface area contributed by atoms with Gasteiger partial charge in [0.2, 0.25) is 0 Å². The monoisotopic (exact) mass is 212 g/mol. The number of para-hydroxylation sites is 1. The minimum atomic E-state index is -0.641. The summed E-state index contributed by atoms with van der Waals surface area (Å²) in [7, 11) is 0. The van der Waals surface area contributed by atoms with E-state index >= 15 is 0 Å². The molecule has 2 nitrogen and oxygen atoms in total. The molecule has 0 aliphatic carbocycles. The van der Waals surface area contributed by atoms with E-state index in [1.165, 1.54) is 18.2 Å². The largest absolute Gasteiger partial charge is 0.484 e. The summed E-state index contributed by atoms with van der Waals surface area (Å²) >= 11 is 0. The molecule has 0 unspecified atom stereocenters. The quantitative estimate of drug-likeness (QED) is 0.736. The Bertz CT molecular complexity index is 317. The predicted molar refractivity (Wildman–Crippen MR) is 51.9 cm³/mol. The Kier molecular flexibility index (Phi) is 3.16. The van der Waals surface area contributed by atoms with Crippen molar-refractivity contribution in [2.24, 2.45) is 0 Å². The summed E-state index contributed by atoms with van der Waals surface area (Å²) in [6.07, 6.45) is 1.34. The van der Waals surface area contributed by atoms with Crippen LogP contribution in [-0.2, 0) is 0 Å². The summed E-state index contributed by atoms with van der Waals surface area (Å²) in [5.41, 5.74) is 0. The molecule has 1 radical (unpaired) electrons. The maximum atomic E-state index is 13.2. The fourth-order valence-electron chi connectivity index (χ4n) is 1.61. The van der Waals surface area contributed by atoms with Crippen molar-refractivity contribution in [3.63, 3.8) is 0 Å². The summed E-state index contributed by atoms with van der Waals surface area (Å²) in [4.78, 5) is 0. The fraction of sp³-hybridized carbons (Fsp3) is 0.455. The van der Waals surface area contributed by atoms with Crippen LogP contribution in [0.25, 0.3) is 0 Å². The van der Waals surface area contributed by atoms with Gasteiger partial charge in [-0.2, -0.15) is 0 Å². The number of rotatable bonds is 2. The highest BCUT2D eigenvalue weighted by Crippen LogP contribution is 2.24. The number of hydrogen-bond donors (Lipinski definition) is 0. The maximum absolute atomic E-state index is 13.2. The van der Waals surface area contributed by atoms with Crippen LogP contribution in [0.5, 0.6) is 5.75 Å². The van der Waals surface area contributed by atoms with Gasteiger partial charge in [-0.1, -0.05) is 6.07 Å². The highest BCUT2D eigenvalue weighted by molar-refractivity contribution is 5.26. The van der Waals surface area contributed by atoms with Crippen LogP contribution >= 0.6 is 0 Å². The molecule has 15 heavy (non-hydrogen) atoms. The van der Waals surface area contributed by atoms with Gasteiger partial charge in [0.05, 0.1) is 0 Å². The molecule has 0 saturated carbocycles. The molecule has 1 aromatic rings. The normalized spacial score (nSPS) is 17.7. The van der Waals surface area contributed by atoms with Crippen LogP contribution in [-0.4, -0.2) is 19.2 Å². The van der Waals surface area contributed by atoms with Crippen LogP contribution in [0.1, 0.15) is 12.8 Å². The van der Waals surface area contributed by atoms with Gasteiger partial charge in [0.1, 0.15) is 6.10 Å². The SMILES string of the molecule is Fc1cccc(F)c1OC1CC[N]CC1. The highest BCUT2D eigenvalue weighted by Gasteiger charge is 2.19. The predicted octanol–water partition coefficient (Wildman–Crippen LogP) is 2.11. The molecule has 0 bridgehead atoms. The molecule has 2 rings (SSSR count). The Morgan fingerprint density at radius 1 is 1.13 bits per heavy atom. The smallest absolute Gasteiger partial charge is 0.191 e. The molecule has 0 aromatic heterocycles. The van der Waals surface area contributed by atoms with E-state index in [-0.39, 0.29) is 11.9 Å². The number of ether oxygens (including phenoxy) is 1. The molecule has 1 heterocycles. The lowest BCUT2D eigenvalue weighted by Crippen LogP contribution is -2.30. The van der Waals surface area contributed by atoms with Gasteiger partial charge in [-0.05, 0) is 25.0 Å². The van der Waals surface area contributed by atoms with Crippen molar-refractivity contribution < 1.29 is 13.5 Å². The summed E-state index contributed by atoms with van der Waals surface area (Å²) in [5.74, 6) is -1.54. The van der Waals surface area contributed by atoms with Crippen LogP contribution in [0.15, 0.2) is 18.2 Å². The van der Waals surface area contributed by atoms with Gasteiger partial charge in [0.25, 0.3) is 0 Å². The Labute approximate surface area is 87.2 Å². The van der Waals surface area contributed by atoms with Gasteiger partial charge in [-0.25, -0.2) is 14.1 Å². The standard InChI is InChI=1S/C11H12F2NO/c12-9-2-1-3-10(13)11(9)15-8-4-6-14-7-5-8/h1-3,8H,4-7H2. The molecule has 4 heteroatoms. The molecule has 81 valence electrons. The van der Waals surface area contributed by atoms with Crippen molar-refractivity contribution in [2.75, 3.05) is 13.1 Å². The second kappa shape index (κ2) is 4.57. The van der Waals surface area contributed by atoms with Gasteiger partial charge >= 0.3 is 0 Å². The highest BCUT2D eigenvalue weighted by atomic mass is 19.1. The van der Waals surface area contributed by atoms with Gasteiger partial charge in [0, 0.05) is 13.1 Å². The van der Waals surface area contributed by atoms with E-state index in [9.17, 15) is 8.78 Å². The van der Waals surface area contributed by atoms with Crippen molar-refractivity contribution in [2.45, 2.75) is 18.9 Å². The van der Waals surface area contributed by atoms with E-state index in [1.54, 1.807) is 0 Å². The first kappa shape index (κ1) is 10.4. The molecule has 1 aliphatic heterocycles. The van der Waals surface area contributed by atoms with Gasteiger partial charge in [-0.15, -0.1) is 0 Å². The molecular weight excluding hydrogens is 200 g/mol. The summed E-state index contributed by atoms with van der Waals surface area (Å²) < 4.78 is 31.7. The summed E-state index contributed by atoms with van der Waals surface area (Å²) in [6, 6.07) is 3.73. The van der Waals surface area contributed by atoms with E-state index in [2.05, 4.69) is 5.32 Å². The number of piperidine rings is 1. The van der Waals surface area contributed by atoms with Gasteiger partial charge in [-0.3, -0.25) is 0 Å². The lowest BCUT2D eigenvalue weighted by Gasteiger charge is -2.23. The fourth-order valence-corrected chi connectivity index (χ4v) is 1.61. The third-order valence-corrected chi connectivity index (χ3v) is 2.42. The van der Waals surface area contributed by atoms with Crippen LogP contribution in [0.4, 0.5) is 8.78 Å².